The summed E-state index contributed by atoms with van der Waals surface area (Å²) in [5, 5.41) is 0. The van der Waals surface area contributed by atoms with Crippen molar-refractivity contribution in [1.29, 1.82) is 0 Å². The van der Waals surface area contributed by atoms with Gasteiger partial charge in [-0.25, -0.2) is 0 Å². The number of benzene rings is 2. The van der Waals surface area contributed by atoms with Gasteiger partial charge < -0.3 is 9.47 Å². The maximum atomic E-state index is 12.2. The van der Waals surface area contributed by atoms with E-state index in [1.807, 2.05) is 49.4 Å². The summed E-state index contributed by atoms with van der Waals surface area (Å²) in [7, 11) is 1.65. The first kappa shape index (κ1) is 15.6. The molecule has 3 unspecified atom stereocenters. The average molecular weight is 311 g/mol. The Hall–Kier alpha value is -2.33. The SMILES string of the molecule is CCOC(=O)C1C(c2ccc(OC)cc2)N1Cc1ccccc1. The lowest BCUT2D eigenvalue weighted by atomic mass is 10.1. The molecule has 1 saturated heterocycles. The molecular weight excluding hydrogens is 290 g/mol. The monoisotopic (exact) mass is 311 g/mol. The largest absolute Gasteiger partial charge is 0.497 e. The van der Waals surface area contributed by atoms with Crippen LogP contribution in [0.1, 0.15) is 24.1 Å². The maximum Gasteiger partial charge on any atom is 0.325 e. The number of hydrogen-bond donors (Lipinski definition) is 0. The van der Waals surface area contributed by atoms with Crippen molar-refractivity contribution in [2.45, 2.75) is 25.6 Å². The van der Waals surface area contributed by atoms with Gasteiger partial charge in [-0.05, 0) is 30.2 Å². The second-order valence-corrected chi connectivity index (χ2v) is 5.57. The summed E-state index contributed by atoms with van der Waals surface area (Å²) >= 11 is 0. The molecular formula is C19H21NO3. The first-order chi connectivity index (χ1) is 11.2. The third-order valence-electron chi connectivity index (χ3n) is 4.12. The highest BCUT2D eigenvalue weighted by molar-refractivity contribution is 5.80. The summed E-state index contributed by atoms with van der Waals surface area (Å²) in [5.41, 5.74) is 2.30. The van der Waals surface area contributed by atoms with Crippen molar-refractivity contribution in [3.05, 3.63) is 65.7 Å². The number of methoxy groups -OCH3 is 1. The number of rotatable bonds is 6. The van der Waals surface area contributed by atoms with E-state index in [2.05, 4.69) is 17.0 Å². The molecule has 3 atom stereocenters. The molecule has 0 bridgehead atoms. The van der Waals surface area contributed by atoms with Crippen molar-refractivity contribution in [2.24, 2.45) is 0 Å². The summed E-state index contributed by atoms with van der Waals surface area (Å²) in [6, 6.07) is 17.9. The Morgan fingerprint density at radius 2 is 1.78 bits per heavy atom. The second-order valence-electron chi connectivity index (χ2n) is 5.57. The summed E-state index contributed by atoms with van der Waals surface area (Å²) in [5.74, 6) is 0.668. The number of hydrogen-bond acceptors (Lipinski definition) is 4. The molecule has 1 heterocycles. The van der Waals surface area contributed by atoms with Crippen molar-refractivity contribution in [1.82, 2.24) is 4.90 Å². The van der Waals surface area contributed by atoms with Gasteiger partial charge in [-0.2, -0.15) is 0 Å². The average Bonchev–Trinajstić information content (AvgIpc) is 3.30. The van der Waals surface area contributed by atoms with Gasteiger partial charge in [0, 0.05) is 6.54 Å². The van der Waals surface area contributed by atoms with Crippen LogP contribution in [-0.4, -0.2) is 30.6 Å². The van der Waals surface area contributed by atoms with Gasteiger partial charge in [-0.3, -0.25) is 9.69 Å². The van der Waals surface area contributed by atoms with Crippen LogP contribution in [0.15, 0.2) is 54.6 Å². The van der Waals surface area contributed by atoms with Crippen LogP contribution in [0.4, 0.5) is 0 Å². The van der Waals surface area contributed by atoms with Crippen LogP contribution in [0.3, 0.4) is 0 Å². The van der Waals surface area contributed by atoms with E-state index in [1.54, 1.807) is 7.11 Å². The van der Waals surface area contributed by atoms with Gasteiger partial charge in [-0.15, -0.1) is 0 Å². The summed E-state index contributed by atoms with van der Waals surface area (Å²) in [6.07, 6.45) is 0. The Balaban J connectivity index is 1.78. The number of carbonyl (C=O) groups excluding carboxylic acids is 1. The highest BCUT2D eigenvalue weighted by atomic mass is 16.5. The van der Waals surface area contributed by atoms with E-state index in [1.165, 1.54) is 5.56 Å². The molecule has 0 spiro atoms. The molecule has 0 aromatic heterocycles. The van der Waals surface area contributed by atoms with Gasteiger partial charge in [0.25, 0.3) is 0 Å². The van der Waals surface area contributed by atoms with Crippen LogP contribution in [0, 0.1) is 0 Å². The molecule has 4 heteroatoms. The van der Waals surface area contributed by atoms with E-state index in [0.717, 1.165) is 17.9 Å². The predicted octanol–water partition coefficient (Wildman–Crippen LogP) is 3.18. The van der Waals surface area contributed by atoms with Gasteiger partial charge in [0.2, 0.25) is 0 Å². The smallest absolute Gasteiger partial charge is 0.325 e. The fourth-order valence-electron chi connectivity index (χ4n) is 2.93. The van der Waals surface area contributed by atoms with Crippen LogP contribution < -0.4 is 4.74 Å². The molecule has 2 aromatic carbocycles. The van der Waals surface area contributed by atoms with Crippen molar-refractivity contribution in [3.63, 3.8) is 0 Å². The van der Waals surface area contributed by atoms with Crippen LogP contribution in [0.2, 0.25) is 0 Å². The first-order valence-corrected chi connectivity index (χ1v) is 7.85. The van der Waals surface area contributed by atoms with E-state index in [0.29, 0.717) is 6.61 Å². The summed E-state index contributed by atoms with van der Waals surface area (Å²) < 4.78 is 10.4. The van der Waals surface area contributed by atoms with Gasteiger partial charge in [0.1, 0.15) is 11.8 Å². The van der Waals surface area contributed by atoms with Crippen LogP contribution in [-0.2, 0) is 16.1 Å². The Labute approximate surface area is 136 Å². The van der Waals surface area contributed by atoms with Gasteiger partial charge >= 0.3 is 5.97 Å². The molecule has 4 nitrogen and oxygen atoms in total. The van der Waals surface area contributed by atoms with E-state index < -0.39 is 0 Å². The fourth-order valence-corrected chi connectivity index (χ4v) is 2.93. The molecule has 1 aliphatic rings. The van der Waals surface area contributed by atoms with Crippen molar-refractivity contribution >= 4 is 5.97 Å². The molecule has 1 aliphatic heterocycles. The Kier molecular flexibility index (Phi) is 4.63. The highest BCUT2D eigenvalue weighted by Gasteiger charge is 2.54. The van der Waals surface area contributed by atoms with Crippen molar-refractivity contribution < 1.29 is 14.3 Å². The standard InChI is InChI=1S/C19H21NO3/c1-3-23-19(21)18-17(15-9-11-16(22-2)12-10-15)20(18)13-14-7-5-4-6-8-14/h4-12,17-18H,3,13H2,1-2H3. The van der Waals surface area contributed by atoms with Crippen molar-refractivity contribution in [3.8, 4) is 5.75 Å². The predicted molar refractivity (Wildman–Crippen MR) is 88.1 cm³/mol. The van der Waals surface area contributed by atoms with Gasteiger partial charge in [0.15, 0.2) is 0 Å². The number of esters is 1. The third-order valence-corrected chi connectivity index (χ3v) is 4.12. The molecule has 3 rings (SSSR count). The maximum absolute atomic E-state index is 12.2. The summed E-state index contributed by atoms with van der Waals surface area (Å²) in [6.45, 7) is 2.98. The molecule has 23 heavy (non-hydrogen) atoms. The number of carbonyl (C=O) groups is 1. The minimum atomic E-state index is -0.205. The van der Waals surface area contributed by atoms with Crippen LogP contribution in [0.5, 0.6) is 5.75 Å². The highest BCUT2D eigenvalue weighted by Crippen LogP contribution is 2.45. The molecule has 0 radical (unpaired) electrons. The molecule has 120 valence electrons. The zero-order valence-electron chi connectivity index (χ0n) is 13.4. The van der Waals surface area contributed by atoms with Crippen LogP contribution in [0.25, 0.3) is 0 Å². The van der Waals surface area contributed by atoms with E-state index in [9.17, 15) is 4.79 Å². The molecule has 0 N–H and O–H groups in total. The quantitative estimate of drug-likeness (QED) is 0.607. The minimum Gasteiger partial charge on any atom is -0.497 e. The molecule has 1 fully saturated rings. The Morgan fingerprint density at radius 1 is 1.09 bits per heavy atom. The third kappa shape index (κ3) is 3.37. The fraction of sp³-hybridized carbons (Fsp3) is 0.316. The van der Waals surface area contributed by atoms with E-state index in [4.69, 9.17) is 9.47 Å². The van der Waals surface area contributed by atoms with Crippen LogP contribution >= 0.6 is 0 Å². The second kappa shape index (κ2) is 6.84. The zero-order chi connectivity index (χ0) is 16.2. The number of nitrogens with zero attached hydrogens (tertiary/aromatic N) is 1. The minimum absolute atomic E-state index is 0.0696. The molecule has 0 amide bonds. The van der Waals surface area contributed by atoms with Gasteiger partial charge in [-0.1, -0.05) is 42.5 Å². The summed E-state index contributed by atoms with van der Waals surface area (Å²) in [4.78, 5) is 14.4. The molecule has 2 aromatic rings. The normalized spacial score (nSPS) is 22.4. The zero-order valence-corrected chi connectivity index (χ0v) is 13.4. The lowest BCUT2D eigenvalue weighted by molar-refractivity contribution is -0.143. The lowest BCUT2D eigenvalue weighted by Crippen LogP contribution is -2.16. The Morgan fingerprint density at radius 3 is 2.39 bits per heavy atom. The van der Waals surface area contributed by atoms with Crippen molar-refractivity contribution in [2.75, 3.05) is 13.7 Å². The Bertz CT molecular complexity index is 654. The first-order valence-electron chi connectivity index (χ1n) is 7.85. The van der Waals surface area contributed by atoms with E-state index >= 15 is 0 Å². The van der Waals surface area contributed by atoms with Gasteiger partial charge in [0.05, 0.1) is 19.8 Å². The molecule has 0 aliphatic carbocycles. The number of ether oxygens (including phenoxy) is 2. The van der Waals surface area contributed by atoms with E-state index in [-0.39, 0.29) is 18.1 Å². The topological polar surface area (TPSA) is 38.5 Å². The lowest BCUT2D eigenvalue weighted by Gasteiger charge is -2.05. The molecule has 0 saturated carbocycles.